The Bertz CT molecular complexity index is 1140. The molecule has 4 aromatic carbocycles. The summed E-state index contributed by atoms with van der Waals surface area (Å²) in [5.74, 6) is 0. The third-order valence-electron chi connectivity index (χ3n) is 6.35. The van der Waals surface area contributed by atoms with Gasteiger partial charge in [0.1, 0.15) is 0 Å². The molecule has 2 amide bonds. The Morgan fingerprint density at radius 3 is 1.22 bits per heavy atom. The van der Waals surface area contributed by atoms with Crippen LogP contribution in [-0.4, -0.2) is 6.03 Å². The van der Waals surface area contributed by atoms with Crippen LogP contribution in [0.5, 0.6) is 0 Å². The van der Waals surface area contributed by atoms with E-state index in [0.717, 1.165) is 22.5 Å². The molecule has 0 N–H and O–H groups in total. The number of hydrogen-bond donors (Lipinski definition) is 0. The predicted molar refractivity (Wildman–Crippen MR) is 131 cm³/mol. The molecule has 0 aromatic heterocycles. The molecule has 0 unspecified atom stereocenters. The maximum absolute atomic E-state index is 14.1. The van der Waals surface area contributed by atoms with Gasteiger partial charge in [0, 0.05) is 11.4 Å². The highest BCUT2D eigenvalue weighted by Crippen LogP contribution is 2.50. The van der Waals surface area contributed by atoms with E-state index in [1.165, 1.54) is 11.1 Å². The van der Waals surface area contributed by atoms with Crippen LogP contribution in [-0.2, 0) is 0 Å². The zero-order valence-electron chi connectivity index (χ0n) is 18.3. The van der Waals surface area contributed by atoms with Crippen molar-refractivity contribution < 1.29 is 4.79 Å². The molecular formula is C29H26N2O. The first-order valence-corrected chi connectivity index (χ1v) is 11.0. The number of rotatable bonds is 4. The van der Waals surface area contributed by atoms with Crippen molar-refractivity contribution in [2.45, 2.75) is 25.9 Å². The van der Waals surface area contributed by atoms with Gasteiger partial charge in [0.2, 0.25) is 0 Å². The Kier molecular flexibility index (Phi) is 5.24. The molecule has 1 heterocycles. The first-order valence-electron chi connectivity index (χ1n) is 11.0. The molecule has 1 aliphatic rings. The van der Waals surface area contributed by atoms with E-state index in [4.69, 9.17) is 0 Å². The minimum absolute atomic E-state index is 0.0103. The summed E-state index contributed by atoms with van der Waals surface area (Å²) in [6, 6.07) is 36.5. The Morgan fingerprint density at radius 1 is 0.500 bits per heavy atom. The lowest BCUT2D eigenvalue weighted by Crippen LogP contribution is -2.32. The summed E-state index contributed by atoms with van der Waals surface area (Å²) in [6.45, 7) is 4.26. The van der Waals surface area contributed by atoms with E-state index in [1.54, 1.807) is 0 Å². The van der Waals surface area contributed by atoms with Crippen molar-refractivity contribution in [2.24, 2.45) is 0 Å². The number of urea groups is 1. The number of carbonyl (C=O) groups is 1. The third kappa shape index (κ3) is 3.36. The SMILES string of the molecule is Cc1ccccc1[C@@H]1[C@H](c2ccccc2C)N(c2ccccc2)C(=O)N1c1ccccc1. The van der Waals surface area contributed by atoms with Crippen LogP contribution in [0.1, 0.15) is 34.3 Å². The van der Waals surface area contributed by atoms with Crippen molar-refractivity contribution in [2.75, 3.05) is 9.80 Å². The Hall–Kier alpha value is -3.85. The molecule has 1 saturated heterocycles. The molecule has 158 valence electrons. The van der Waals surface area contributed by atoms with Crippen LogP contribution in [0.15, 0.2) is 109 Å². The van der Waals surface area contributed by atoms with Gasteiger partial charge in [-0.1, -0.05) is 84.9 Å². The lowest BCUT2D eigenvalue weighted by molar-refractivity contribution is 0.255. The van der Waals surface area contributed by atoms with Crippen LogP contribution >= 0.6 is 0 Å². The zero-order valence-corrected chi connectivity index (χ0v) is 18.3. The van der Waals surface area contributed by atoms with Gasteiger partial charge in [0.25, 0.3) is 0 Å². The average Bonchev–Trinajstić information content (AvgIpc) is 3.13. The summed E-state index contributed by atoms with van der Waals surface area (Å²) in [5.41, 5.74) is 6.50. The van der Waals surface area contributed by atoms with E-state index in [1.807, 2.05) is 70.5 Å². The van der Waals surface area contributed by atoms with E-state index >= 15 is 0 Å². The summed E-state index contributed by atoms with van der Waals surface area (Å²) in [7, 11) is 0. The second kappa shape index (κ2) is 8.35. The van der Waals surface area contributed by atoms with Crippen LogP contribution < -0.4 is 9.80 Å². The van der Waals surface area contributed by atoms with Gasteiger partial charge < -0.3 is 0 Å². The molecule has 0 bridgehead atoms. The number of para-hydroxylation sites is 2. The Labute approximate surface area is 189 Å². The molecule has 1 aliphatic heterocycles. The maximum atomic E-state index is 14.1. The van der Waals surface area contributed by atoms with Gasteiger partial charge in [-0.2, -0.15) is 0 Å². The summed E-state index contributed by atoms with van der Waals surface area (Å²) in [6.07, 6.45) is 0. The first kappa shape index (κ1) is 20.1. The summed E-state index contributed by atoms with van der Waals surface area (Å²) >= 11 is 0. The van der Waals surface area contributed by atoms with Crippen molar-refractivity contribution >= 4 is 17.4 Å². The molecule has 4 aromatic rings. The highest BCUT2D eigenvalue weighted by atomic mass is 16.2. The standard InChI is InChI=1S/C29H26N2O/c1-21-13-9-11-19-25(21)27-28(26-20-12-10-14-22(26)2)31(24-17-7-4-8-18-24)29(32)30(27)23-15-5-3-6-16-23/h3-20,27-28H,1-2H3/t27-,28+. The fraction of sp³-hybridized carbons (Fsp3) is 0.138. The molecule has 0 radical (unpaired) electrons. The molecule has 3 nitrogen and oxygen atoms in total. The molecule has 1 fully saturated rings. The third-order valence-corrected chi connectivity index (χ3v) is 6.35. The molecule has 32 heavy (non-hydrogen) atoms. The largest absolute Gasteiger partial charge is 0.330 e. The quantitative estimate of drug-likeness (QED) is 0.343. The van der Waals surface area contributed by atoms with Crippen molar-refractivity contribution in [1.29, 1.82) is 0 Å². The van der Waals surface area contributed by atoms with Crippen molar-refractivity contribution in [3.63, 3.8) is 0 Å². The predicted octanol–water partition coefficient (Wildman–Crippen LogP) is 7.23. The maximum Gasteiger partial charge on any atom is 0.330 e. The minimum atomic E-state index is -0.160. The number of aryl methyl sites for hydroxylation is 2. The van der Waals surface area contributed by atoms with Crippen LogP contribution in [0.2, 0.25) is 0 Å². The van der Waals surface area contributed by atoms with Gasteiger partial charge in [-0.3, -0.25) is 9.80 Å². The summed E-state index contributed by atoms with van der Waals surface area (Å²) in [5, 5.41) is 0. The number of amides is 2. The van der Waals surface area contributed by atoms with Crippen LogP contribution in [0.25, 0.3) is 0 Å². The molecule has 0 aliphatic carbocycles. The molecule has 5 rings (SSSR count). The smallest absolute Gasteiger partial charge is 0.284 e. The second-order valence-electron chi connectivity index (χ2n) is 8.30. The van der Waals surface area contributed by atoms with Crippen LogP contribution in [0, 0.1) is 13.8 Å². The Balaban J connectivity index is 1.79. The first-order chi connectivity index (χ1) is 15.7. The summed E-state index contributed by atoms with van der Waals surface area (Å²) < 4.78 is 0. The monoisotopic (exact) mass is 418 g/mol. The van der Waals surface area contributed by atoms with E-state index in [-0.39, 0.29) is 18.1 Å². The molecule has 0 saturated carbocycles. The molecule has 0 spiro atoms. The van der Waals surface area contributed by atoms with Gasteiger partial charge in [-0.05, 0) is 60.4 Å². The van der Waals surface area contributed by atoms with E-state index in [0.29, 0.717) is 0 Å². The second-order valence-corrected chi connectivity index (χ2v) is 8.30. The van der Waals surface area contributed by atoms with Gasteiger partial charge in [0.15, 0.2) is 0 Å². The van der Waals surface area contributed by atoms with Crippen LogP contribution in [0.4, 0.5) is 16.2 Å². The Morgan fingerprint density at radius 2 is 0.844 bits per heavy atom. The highest BCUT2D eigenvalue weighted by Gasteiger charge is 2.49. The normalized spacial score (nSPS) is 18.2. The van der Waals surface area contributed by atoms with E-state index in [9.17, 15) is 4.79 Å². The van der Waals surface area contributed by atoms with Gasteiger partial charge in [-0.25, -0.2) is 4.79 Å². The van der Waals surface area contributed by atoms with Gasteiger partial charge >= 0.3 is 6.03 Å². The highest BCUT2D eigenvalue weighted by molar-refractivity contribution is 6.08. The zero-order chi connectivity index (χ0) is 22.1. The average molecular weight is 419 g/mol. The van der Waals surface area contributed by atoms with Gasteiger partial charge in [0.05, 0.1) is 12.1 Å². The fourth-order valence-electron chi connectivity index (χ4n) is 4.81. The number of nitrogens with zero attached hydrogens (tertiary/aromatic N) is 2. The lowest BCUT2D eigenvalue weighted by atomic mass is 9.88. The van der Waals surface area contributed by atoms with E-state index in [2.05, 4.69) is 62.4 Å². The number of hydrogen-bond acceptors (Lipinski definition) is 1. The number of carbonyl (C=O) groups excluding carboxylic acids is 1. The number of benzene rings is 4. The van der Waals surface area contributed by atoms with E-state index < -0.39 is 0 Å². The summed E-state index contributed by atoms with van der Waals surface area (Å²) in [4.78, 5) is 18.1. The molecule has 2 atom stereocenters. The van der Waals surface area contributed by atoms with Crippen molar-refractivity contribution in [3.05, 3.63) is 131 Å². The molecular weight excluding hydrogens is 392 g/mol. The van der Waals surface area contributed by atoms with Crippen LogP contribution in [0.3, 0.4) is 0 Å². The fourth-order valence-corrected chi connectivity index (χ4v) is 4.81. The lowest BCUT2D eigenvalue weighted by Gasteiger charge is -2.30. The number of anilines is 2. The topological polar surface area (TPSA) is 23.6 Å². The van der Waals surface area contributed by atoms with Gasteiger partial charge in [-0.15, -0.1) is 0 Å². The minimum Gasteiger partial charge on any atom is -0.284 e. The molecule has 3 heteroatoms. The van der Waals surface area contributed by atoms with Crippen molar-refractivity contribution in [1.82, 2.24) is 0 Å². The van der Waals surface area contributed by atoms with Crippen molar-refractivity contribution in [3.8, 4) is 0 Å².